The van der Waals surface area contributed by atoms with E-state index in [-0.39, 0.29) is 24.8 Å². The molecule has 0 radical (unpaired) electrons. The summed E-state index contributed by atoms with van der Waals surface area (Å²) in [4.78, 5) is 14.2. The van der Waals surface area contributed by atoms with Gasteiger partial charge in [-0.1, -0.05) is 6.07 Å². The Bertz CT molecular complexity index is 718. The van der Waals surface area contributed by atoms with Crippen LogP contribution in [0.25, 0.3) is 0 Å². The van der Waals surface area contributed by atoms with Gasteiger partial charge >= 0.3 is 0 Å². The quantitative estimate of drug-likeness (QED) is 0.684. The van der Waals surface area contributed by atoms with E-state index < -0.39 is 0 Å². The molecule has 1 amide bonds. The van der Waals surface area contributed by atoms with E-state index >= 15 is 0 Å². The zero-order valence-corrected chi connectivity index (χ0v) is 15.3. The van der Waals surface area contributed by atoms with Gasteiger partial charge < -0.3 is 19.1 Å². The third kappa shape index (κ3) is 5.37. The molecule has 6 heteroatoms. The molecule has 2 rings (SSSR count). The summed E-state index contributed by atoms with van der Waals surface area (Å²) in [7, 11) is 3.16. The highest BCUT2D eigenvalue weighted by atomic mass is 19.1. The van der Waals surface area contributed by atoms with Crippen molar-refractivity contribution in [2.75, 3.05) is 27.4 Å². The van der Waals surface area contributed by atoms with E-state index in [1.54, 1.807) is 31.3 Å². The molecule has 2 aromatic carbocycles. The number of carbonyl (C=O) groups is 1. The lowest BCUT2D eigenvalue weighted by Gasteiger charge is -2.21. The normalized spacial score (nSPS) is 10.3. The van der Waals surface area contributed by atoms with Crippen LogP contribution in [0.15, 0.2) is 42.5 Å². The number of halogens is 1. The average molecular weight is 361 g/mol. The van der Waals surface area contributed by atoms with Gasteiger partial charge in [-0.2, -0.15) is 0 Å². The van der Waals surface area contributed by atoms with E-state index in [9.17, 15) is 9.18 Å². The first-order valence-corrected chi connectivity index (χ1v) is 8.44. The number of methoxy groups -OCH3 is 2. The van der Waals surface area contributed by atoms with Crippen LogP contribution in [0.4, 0.5) is 4.39 Å². The summed E-state index contributed by atoms with van der Waals surface area (Å²) in [5, 5.41) is 0. The Morgan fingerprint density at radius 2 is 1.73 bits per heavy atom. The Labute approximate surface area is 153 Å². The monoisotopic (exact) mass is 361 g/mol. The molecule has 0 fully saturated rings. The average Bonchev–Trinajstić information content (AvgIpc) is 2.67. The molecule has 0 unspecified atom stereocenters. The van der Waals surface area contributed by atoms with E-state index in [1.165, 1.54) is 12.1 Å². The van der Waals surface area contributed by atoms with Crippen molar-refractivity contribution in [3.8, 4) is 17.2 Å². The summed E-state index contributed by atoms with van der Waals surface area (Å²) in [6.07, 6.45) is 0.249. The van der Waals surface area contributed by atoms with Gasteiger partial charge in [0, 0.05) is 13.1 Å². The number of nitrogens with zero attached hydrogens (tertiary/aromatic N) is 1. The first kappa shape index (κ1) is 19.6. The maximum atomic E-state index is 12.9. The van der Waals surface area contributed by atoms with Gasteiger partial charge in [-0.25, -0.2) is 4.39 Å². The number of amides is 1. The maximum absolute atomic E-state index is 12.9. The van der Waals surface area contributed by atoms with Crippen LogP contribution in [0, 0.1) is 5.82 Å². The molecule has 5 nitrogen and oxygen atoms in total. The molecule has 0 aliphatic rings. The minimum atomic E-state index is -0.319. The molecule has 2 aromatic rings. The van der Waals surface area contributed by atoms with E-state index in [4.69, 9.17) is 14.2 Å². The summed E-state index contributed by atoms with van der Waals surface area (Å²) in [6, 6.07) is 11.3. The molecule has 140 valence electrons. The van der Waals surface area contributed by atoms with Gasteiger partial charge in [0.2, 0.25) is 5.91 Å². The predicted molar refractivity (Wildman–Crippen MR) is 97.1 cm³/mol. The lowest BCUT2D eigenvalue weighted by atomic mass is 10.2. The molecule has 0 saturated carbocycles. The molecule has 0 aliphatic heterocycles. The Hall–Kier alpha value is -2.76. The van der Waals surface area contributed by atoms with Crippen molar-refractivity contribution >= 4 is 5.91 Å². The standard InChI is InChI=1S/C20H24FNO4/c1-4-22(14-15-5-10-18(24-2)19(13-15)25-3)20(23)11-12-26-17-8-6-16(21)7-9-17/h5-10,13H,4,11-12,14H2,1-3H3. The fourth-order valence-electron chi connectivity index (χ4n) is 2.52. The fourth-order valence-corrected chi connectivity index (χ4v) is 2.52. The zero-order valence-electron chi connectivity index (χ0n) is 15.3. The van der Waals surface area contributed by atoms with Crippen molar-refractivity contribution in [2.45, 2.75) is 19.9 Å². The van der Waals surface area contributed by atoms with Crippen molar-refractivity contribution in [2.24, 2.45) is 0 Å². The molecule has 0 aliphatic carbocycles. The lowest BCUT2D eigenvalue weighted by molar-refractivity contribution is -0.132. The third-order valence-electron chi connectivity index (χ3n) is 3.95. The number of carbonyl (C=O) groups excluding carboxylic acids is 1. The molecule has 0 spiro atoms. The molecule has 26 heavy (non-hydrogen) atoms. The highest BCUT2D eigenvalue weighted by Gasteiger charge is 2.14. The first-order chi connectivity index (χ1) is 12.6. The molecular weight excluding hydrogens is 337 g/mol. The number of hydrogen-bond donors (Lipinski definition) is 0. The van der Waals surface area contributed by atoms with Crippen molar-refractivity contribution in [1.29, 1.82) is 0 Å². The summed E-state index contributed by atoms with van der Waals surface area (Å²) in [6.45, 7) is 3.24. The SMILES string of the molecule is CCN(Cc1ccc(OC)c(OC)c1)C(=O)CCOc1ccc(F)cc1. The molecule has 0 N–H and O–H groups in total. The Kier molecular flexibility index (Phi) is 7.26. The van der Waals surface area contributed by atoms with Gasteiger partial charge in [-0.05, 0) is 48.9 Å². The van der Waals surface area contributed by atoms with Crippen molar-refractivity contribution in [1.82, 2.24) is 4.90 Å². The molecule has 0 atom stereocenters. The minimum absolute atomic E-state index is 0.00982. The number of hydrogen-bond acceptors (Lipinski definition) is 4. The number of benzene rings is 2. The van der Waals surface area contributed by atoms with Crippen molar-refractivity contribution in [3.63, 3.8) is 0 Å². The highest BCUT2D eigenvalue weighted by Crippen LogP contribution is 2.28. The smallest absolute Gasteiger partial charge is 0.226 e. The van der Waals surface area contributed by atoms with Gasteiger partial charge in [0.1, 0.15) is 11.6 Å². The second kappa shape index (κ2) is 9.65. The van der Waals surface area contributed by atoms with Crippen LogP contribution < -0.4 is 14.2 Å². The molecule has 0 heterocycles. The molecular formula is C20H24FNO4. The van der Waals surface area contributed by atoms with Gasteiger partial charge in [0.25, 0.3) is 0 Å². The van der Waals surface area contributed by atoms with E-state index in [0.717, 1.165) is 5.56 Å². The summed E-state index contributed by atoms with van der Waals surface area (Å²) in [5.74, 6) is 1.50. The van der Waals surface area contributed by atoms with Crippen LogP contribution in [0.1, 0.15) is 18.9 Å². The Balaban J connectivity index is 1.90. The second-order valence-electron chi connectivity index (χ2n) is 5.65. The van der Waals surface area contributed by atoms with Crippen molar-refractivity contribution in [3.05, 3.63) is 53.8 Å². The fraction of sp³-hybridized carbons (Fsp3) is 0.350. The van der Waals surface area contributed by atoms with Crippen LogP contribution in [0.3, 0.4) is 0 Å². The predicted octanol–water partition coefficient (Wildman–Crippen LogP) is 3.66. The summed E-state index contributed by atoms with van der Waals surface area (Å²) >= 11 is 0. The van der Waals surface area contributed by atoms with Crippen LogP contribution in [0.5, 0.6) is 17.2 Å². The van der Waals surface area contributed by atoms with Crippen molar-refractivity contribution < 1.29 is 23.4 Å². The third-order valence-corrected chi connectivity index (χ3v) is 3.95. The van der Waals surface area contributed by atoms with E-state index in [2.05, 4.69) is 0 Å². The lowest BCUT2D eigenvalue weighted by Crippen LogP contribution is -2.31. The van der Waals surface area contributed by atoms with Gasteiger partial charge in [0.15, 0.2) is 11.5 Å². The second-order valence-corrected chi connectivity index (χ2v) is 5.65. The minimum Gasteiger partial charge on any atom is -0.493 e. The highest BCUT2D eigenvalue weighted by molar-refractivity contribution is 5.76. The van der Waals surface area contributed by atoms with Gasteiger partial charge in [-0.3, -0.25) is 4.79 Å². The largest absolute Gasteiger partial charge is 0.493 e. The summed E-state index contributed by atoms with van der Waals surface area (Å²) < 4.78 is 28.9. The van der Waals surface area contributed by atoms with Gasteiger partial charge in [-0.15, -0.1) is 0 Å². The first-order valence-electron chi connectivity index (χ1n) is 8.44. The zero-order chi connectivity index (χ0) is 18.9. The van der Waals surface area contributed by atoms with Crippen LogP contribution in [0.2, 0.25) is 0 Å². The molecule has 0 saturated heterocycles. The number of rotatable bonds is 9. The number of ether oxygens (including phenoxy) is 3. The van der Waals surface area contributed by atoms with E-state index in [0.29, 0.717) is 30.3 Å². The Morgan fingerprint density at radius 3 is 2.35 bits per heavy atom. The maximum Gasteiger partial charge on any atom is 0.226 e. The van der Waals surface area contributed by atoms with E-state index in [1.807, 2.05) is 25.1 Å². The topological polar surface area (TPSA) is 48.0 Å². The van der Waals surface area contributed by atoms with Crippen LogP contribution in [-0.2, 0) is 11.3 Å². The summed E-state index contributed by atoms with van der Waals surface area (Å²) in [5.41, 5.74) is 0.956. The molecule has 0 bridgehead atoms. The molecule has 0 aromatic heterocycles. The van der Waals surface area contributed by atoms with Crippen LogP contribution in [-0.4, -0.2) is 38.2 Å². The van der Waals surface area contributed by atoms with Crippen LogP contribution >= 0.6 is 0 Å². The Morgan fingerprint density at radius 1 is 1.04 bits per heavy atom. The van der Waals surface area contributed by atoms with Gasteiger partial charge in [0.05, 0.1) is 27.2 Å².